The number of ether oxygens (including phenoxy) is 1. The van der Waals surface area contributed by atoms with Gasteiger partial charge in [-0.1, -0.05) is 30.0 Å². The van der Waals surface area contributed by atoms with E-state index in [1.165, 1.54) is 25.2 Å². The molecule has 0 aliphatic rings. The first-order valence-electron chi connectivity index (χ1n) is 5.30. The topological polar surface area (TPSA) is 72.3 Å². The van der Waals surface area contributed by atoms with E-state index >= 15 is 0 Å². The molecule has 0 fully saturated rings. The number of aromatic nitrogens is 2. The van der Waals surface area contributed by atoms with Gasteiger partial charge in [0.15, 0.2) is 0 Å². The Morgan fingerprint density at radius 3 is 2.94 bits per heavy atom. The minimum absolute atomic E-state index is 0.137. The fourth-order valence-electron chi connectivity index (χ4n) is 1.52. The van der Waals surface area contributed by atoms with Crippen molar-refractivity contribution < 1.29 is 14.6 Å². The molecule has 2 rings (SSSR count). The first-order chi connectivity index (χ1) is 8.72. The molecule has 0 bridgehead atoms. The molecular formula is C12H12N2O3S. The molecule has 18 heavy (non-hydrogen) atoms. The number of thioether (sulfide) groups is 1. The molecule has 0 amide bonds. The van der Waals surface area contributed by atoms with E-state index < -0.39 is 11.2 Å². The number of benzene rings is 1. The Morgan fingerprint density at radius 1 is 1.44 bits per heavy atom. The number of carboxylic acid groups (broad SMARTS) is 1. The first-order valence-corrected chi connectivity index (χ1v) is 6.18. The van der Waals surface area contributed by atoms with Crippen LogP contribution in [-0.4, -0.2) is 40.0 Å². The van der Waals surface area contributed by atoms with Crippen molar-refractivity contribution in [1.29, 1.82) is 0 Å². The predicted octanol–water partition coefficient (Wildman–Crippen LogP) is 1.82. The van der Waals surface area contributed by atoms with E-state index in [-0.39, 0.29) is 6.61 Å². The molecule has 1 unspecified atom stereocenters. The maximum absolute atomic E-state index is 11.1. The van der Waals surface area contributed by atoms with Gasteiger partial charge in [-0.05, 0) is 6.07 Å². The number of aliphatic carboxylic acids is 1. The van der Waals surface area contributed by atoms with Crippen LogP contribution in [0.4, 0.5) is 0 Å². The number of hydrogen-bond acceptors (Lipinski definition) is 5. The molecule has 0 radical (unpaired) electrons. The van der Waals surface area contributed by atoms with Crippen LogP contribution in [0, 0.1) is 0 Å². The summed E-state index contributed by atoms with van der Waals surface area (Å²) in [6.07, 6.45) is 1.44. The van der Waals surface area contributed by atoms with Gasteiger partial charge in [-0.25, -0.2) is 9.97 Å². The molecule has 2 aromatic rings. The zero-order valence-corrected chi connectivity index (χ0v) is 10.6. The van der Waals surface area contributed by atoms with Gasteiger partial charge in [0.2, 0.25) is 0 Å². The van der Waals surface area contributed by atoms with E-state index in [1.54, 1.807) is 0 Å². The van der Waals surface area contributed by atoms with Crippen LogP contribution in [0.25, 0.3) is 10.9 Å². The van der Waals surface area contributed by atoms with Crippen LogP contribution in [0.3, 0.4) is 0 Å². The van der Waals surface area contributed by atoms with Gasteiger partial charge in [0.05, 0.1) is 12.1 Å². The van der Waals surface area contributed by atoms with Crippen molar-refractivity contribution in [2.45, 2.75) is 10.3 Å². The summed E-state index contributed by atoms with van der Waals surface area (Å²) < 4.78 is 4.90. The Hall–Kier alpha value is -1.66. The minimum Gasteiger partial charge on any atom is -0.480 e. The maximum Gasteiger partial charge on any atom is 0.319 e. The van der Waals surface area contributed by atoms with Crippen LogP contribution in [0.5, 0.6) is 0 Å². The summed E-state index contributed by atoms with van der Waals surface area (Å²) in [5.74, 6) is -0.912. The van der Waals surface area contributed by atoms with E-state index in [9.17, 15) is 4.79 Å². The third-order valence-electron chi connectivity index (χ3n) is 2.35. The molecule has 0 saturated carbocycles. The van der Waals surface area contributed by atoms with Gasteiger partial charge in [-0.15, -0.1) is 0 Å². The van der Waals surface area contributed by atoms with Gasteiger partial charge < -0.3 is 9.84 Å². The van der Waals surface area contributed by atoms with Crippen molar-refractivity contribution in [3.63, 3.8) is 0 Å². The van der Waals surface area contributed by atoms with E-state index in [4.69, 9.17) is 9.84 Å². The number of para-hydroxylation sites is 1. The van der Waals surface area contributed by atoms with E-state index in [0.29, 0.717) is 5.03 Å². The number of carbonyl (C=O) groups is 1. The summed E-state index contributed by atoms with van der Waals surface area (Å²) in [4.78, 5) is 19.4. The summed E-state index contributed by atoms with van der Waals surface area (Å²) in [5.41, 5.74) is 0.802. The highest BCUT2D eigenvalue weighted by Gasteiger charge is 2.20. The average molecular weight is 264 g/mol. The zero-order chi connectivity index (χ0) is 13.0. The maximum atomic E-state index is 11.1. The molecule has 94 valence electrons. The molecule has 6 heteroatoms. The van der Waals surface area contributed by atoms with Crippen LogP contribution in [0.2, 0.25) is 0 Å². The number of fused-ring (bicyclic) bond motifs is 1. The standard InChI is InChI=1S/C12H12N2O3S/c1-17-6-10(12(15)16)18-11-8-4-2-3-5-9(8)13-7-14-11/h2-5,7,10H,6H2,1H3,(H,15,16). The van der Waals surface area contributed by atoms with Gasteiger partial charge in [-0.2, -0.15) is 0 Å². The van der Waals surface area contributed by atoms with Crippen molar-refractivity contribution in [2.24, 2.45) is 0 Å². The van der Waals surface area contributed by atoms with Crippen LogP contribution in [-0.2, 0) is 9.53 Å². The molecule has 0 saturated heterocycles. The Morgan fingerprint density at radius 2 is 2.22 bits per heavy atom. The molecule has 0 aliphatic heterocycles. The second-order valence-corrected chi connectivity index (χ2v) is 4.79. The SMILES string of the molecule is COCC(Sc1ncnc2ccccc12)C(=O)O. The van der Waals surface area contributed by atoms with Crippen LogP contribution < -0.4 is 0 Å². The Labute approximate surface area is 108 Å². The summed E-state index contributed by atoms with van der Waals surface area (Å²) in [6.45, 7) is 0.137. The molecule has 1 aromatic heterocycles. The third-order valence-corrected chi connectivity index (χ3v) is 3.52. The molecule has 1 atom stereocenters. The van der Waals surface area contributed by atoms with E-state index in [2.05, 4.69) is 9.97 Å². The second kappa shape index (κ2) is 5.79. The van der Waals surface area contributed by atoms with Gasteiger partial charge in [0.25, 0.3) is 0 Å². The Bertz CT molecular complexity index is 557. The number of rotatable bonds is 5. The normalized spacial score (nSPS) is 12.5. The van der Waals surface area contributed by atoms with Crippen molar-refractivity contribution in [1.82, 2.24) is 9.97 Å². The minimum atomic E-state index is -0.912. The highest BCUT2D eigenvalue weighted by atomic mass is 32.2. The summed E-state index contributed by atoms with van der Waals surface area (Å²) >= 11 is 1.18. The van der Waals surface area contributed by atoms with Crippen LogP contribution in [0.1, 0.15) is 0 Å². The monoisotopic (exact) mass is 264 g/mol. The van der Waals surface area contributed by atoms with Gasteiger partial charge in [0.1, 0.15) is 16.6 Å². The number of carboxylic acids is 1. The average Bonchev–Trinajstić information content (AvgIpc) is 2.38. The van der Waals surface area contributed by atoms with Gasteiger partial charge >= 0.3 is 5.97 Å². The van der Waals surface area contributed by atoms with Gasteiger partial charge in [0, 0.05) is 12.5 Å². The number of hydrogen-bond donors (Lipinski definition) is 1. The van der Waals surface area contributed by atoms with Crippen molar-refractivity contribution in [2.75, 3.05) is 13.7 Å². The zero-order valence-electron chi connectivity index (χ0n) is 9.74. The molecular weight excluding hydrogens is 252 g/mol. The largest absolute Gasteiger partial charge is 0.480 e. The molecule has 0 spiro atoms. The first kappa shape index (κ1) is 12.8. The summed E-state index contributed by atoms with van der Waals surface area (Å²) in [6, 6.07) is 7.51. The number of nitrogens with zero attached hydrogens (tertiary/aromatic N) is 2. The Kier molecular flexibility index (Phi) is 4.11. The molecule has 5 nitrogen and oxygen atoms in total. The van der Waals surface area contributed by atoms with Crippen molar-refractivity contribution >= 4 is 28.6 Å². The molecule has 1 N–H and O–H groups in total. The summed E-state index contributed by atoms with van der Waals surface area (Å²) in [7, 11) is 1.48. The molecule has 1 heterocycles. The van der Waals surface area contributed by atoms with Gasteiger partial charge in [-0.3, -0.25) is 4.79 Å². The van der Waals surface area contributed by atoms with E-state index in [1.807, 2.05) is 24.3 Å². The second-order valence-electron chi connectivity index (χ2n) is 3.60. The van der Waals surface area contributed by atoms with E-state index in [0.717, 1.165) is 10.9 Å². The third kappa shape index (κ3) is 2.77. The predicted molar refractivity (Wildman–Crippen MR) is 68.7 cm³/mol. The van der Waals surface area contributed by atoms with Crippen LogP contribution >= 0.6 is 11.8 Å². The molecule has 1 aromatic carbocycles. The lowest BCUT2D eigenvalue weighted by Crippen LogP contribution is -2.21. The lowest BCUT2D eigenvalue weighted by molar-refractivity contribution is -0.137. The van der Waals surface area contributed by atoms with Crippen molar-refractivity contribution in [3.8, 4) is 0 Å². The summed E-state index contributed by atoms with van der Waals surface area (Å²) in [5, 5.41) is 9.93. The van der Waals surface area contributed by atoms with Crippen LogP contribution in [0.15, 0.2) is 35.6 Å². The van der Waals surface area contributed by atoms with Crippen molar-refractivity contribution in [3.05, 3.63) is 30.6 Å². The number of methoxy groups -OCH3 is 1. The smallest absolute Gasteiger partial charge is 0.319 e. The Balaban J connectivity index is 2.33. The quantitative estimate of drug-likeness (QED) is 0.656. The highest BCUT2D eigenvalue weighted by molar-refractivity contribution is 8.00. The molecule has 0 aliphatic carbocycles. The highest BCUT2D eigenvalue weighted by Crippen LogP contribution is 2.27. The fourth-order valence-corrected chi connectivity index (χ4v) is 2.50. The lowest BCUT2D eigenvalue weighted by Gasteiger charge is -2.11. The lowest BCUT2D eigenvalue weighted by atomic mass is 10.2. The fraction of sp³-hybridized carbons (Fsp3) is 0.250.